The Balaban J connectivity index is 2.54. The number of benzene rings is 1. The van der Waals surface area contributed by atoms with Crippen LogP contribution >= 0.6 is 0 Å². The largest absolute Gasteiger partial charge is 0.417 e. The number of halogens is 4. The Morgan fingerprint density at radius 2 is 1.68 bits per heavy atom. The molecule has 0 fully saturated rings. The fourth-order valence-electron chi connectivity index (χ4n) is 1.61. The van der Waals surface area contributed by atoms with Gasteiger partial charge in [-0.05, 0) is 30.3 Å². The van der Waals surface area contributed by atoms with E-state index in [0.717, 1.165) is 12.1 Å². The lowest BCUT2D eigenvalue weighted by atomic mass is 9.98. The molecule has 0 saturated carbocycles. The number of pyridine rings is 1. The van der Waals surface area contributed by atoms with Gasteiger partial charge in [0.25, 0.3) is 0 Å². The monoisotopic (exact) mass is 269 g/mol. The second-order valence-corrected chi connectivity index (χ2v) is 3.75. The molecule has 0 amide bonds. The van der Waals surface area contributed by atoms with E-state index in [2.05, 4.69) is 4.98 Å². The molecule has 2 nitrogen and oxygen atoms in total. The first-order chi connectivity index (χ1) is 8.89. The molecule has 2 rings (SSSR count). The number of aromatic nitrogens is 1. The fourth-order valence-corrected chi connectivity index (χ4v) is 1.61. The number of hydrogen-bond acceptors (Lipinski definition) is 2. The zero-order valence-corrected chi connectivity index (χ0v) is 9.41. The predicted octanol–water partition coefficient (Wildman–Crippen LogP) is 3.47. The van der Waals surface area contributed by atoms with Crippen LogP contribution in [0.15, 0.2) is 42.7 Å². The van der Waals surface area contributed by atoms with Gasteiger partial charge in [-0.25, -0.2) is 4.39 Å². The molecular formula is C13H7F4NO. The van der Waals surface area contributed by atoms with Gasteiger partial charge < -0.3 is 0 Å². The molecule has 1 heterocycles. The summed E-state index contributed by atoms with van der Waals surface area (Å²) in [6.45, 7) is 0. The molecule has 0 radical (unpaired) electrons. The first-order valence-corrected chi connectivity index (χ1v) is 5.21. The summed E-state index contributed by atoms with van der Waals surface area (Å²) in [4.78, 5) is 15.6. The van der Waals surface area contributed by atoms with Gasteiger partial charge in [-0.3, -0.25) is 9.78 Å². The van der Waals surface area contributed by atoms with Gasteiger partial charge in [0.1, 0.15) is 5.82 Å². The van der Waals surface area contributed by atoms with Gasteiger partial charge in [-0.2, -0.15) is 13.2 Å². The number of carbonyl (C=O) groups is 1. The number of ketones is 1. The Labute approximate surface area is 105 Å². The van der Waals surface area contributed by atoms with Crippen molar-refractivity contribution in [1.29, 1.82) is 0 Å². The summed E-state index contributed by atoms with van der Waals surface area (Å²) in [5, 5.41) is 0. The summed E-state index contributed by atoms with van der Waals surface area (Å²) in [7, 11) is 0. The fraction of sp³-hybridized carbons (Fsp3) is 0.0769. The van der Waals surface area contributed by atoms with Gasteiger partial charge in [0.2, 0.25) is 0 Å². The SMILES string of the molecule is O=C(c1ccncc1)c1ccc(F)cc1C(F)(F)F. The van der Waals surface area contributed by atoms with E-state index in [4.69, 9.17) is 0 Å². The standard InChI is InChI=1S/C13H7F4NO/c14-9-1-2-10(11(7-9)13(15,16)17)12(19)8-3-5-18-6-4-8/h1-7H. The van der Waals surface area contributed by atoms with Crippen LogP contribution in [-0.2, 0) is 6.18 Å². The topological polar surface area (TPSA) is 30.0 Å². The first-order valence-electron chi connectivity index (χ1n) is 5.21. The molecule has 0 N–H and O–H groups in total. The van der Waals surface area contributed by atoms with E-state index < -0.39 is 28.9 Å². The van der Waals surface area contributed by atoms with Crippen molar-refractivity contribution in [2.75, 3.05) is 0 Å². The van der Waals surface area contributed by atoms with Gasteiger partial charge in [-0.15, -0.1) is 0 Å². The molecule has 6 heteroatoms. The smallest absolute Gasteiger partial charge is 0.289 e. The Bertz CT molecular complexity index is 608. The molecule has 98 valence electrons. The van der Waals surface area contributed by atoms with Crippen LogP contribution in [0.1, 0.15) is 21.5 Å². The van der Waals surface area contributed by atoms with Gasteiger partial charge >= 0.3 is 6.18 Å². The molecule has 0 bridgehead atoms. The molecule has 0 aliphatic carbocycles. The van der Waals surface area contributed by atoms with Crippen LogP contribution in [0.4, 0.5) is 17.6 Å². The number of nitrogens with zero attached hydrogens (tertiary/aromatic N) is 1. The van der Waals surface area contributed by atoms with E-state index >= 15 is 0 Å². The third-order valence-corrected chi connectivity index (χ3v) is 2.47. The number of rotatable bonds is 2. The van der Waals surface area contributed by atoms with Gasteiger partial charge in [0.15, 0.2) is 5.78 Å². The molecule has 19 heavy (non-hydrogen) atoms. The van der Waals surface area contributed by atoms with Gasteiger partial charge in [0.05, 0.1) is 5.56 Å². The number of carbonyl (C=O) groups excluding carboxylic acids is 1. The minimum Gasteiger partial charge on any atom is -0.289 e. The third-order valence-electron chi connectivity index (χ3n) is 2.47. The highest BCUT2D eigenvalue weighted by atomic mass is 19.4. The predicted molar refractivity (Wildman–Crippen MR) is 59.1 cm³/mol. The minimum atomic E-state index is -4.79. The highest BCUT2D eigenvalue weighted by Gasteiger charge is 2.35. The molecule has 1 aromatic carbocycles. The number of alkyl halides is 3. The van der Waals surface area contributed by atoms with Crippen molar-refractivity contribution in [3.63, 3.8) is 0 Å². The summed E-state index contributed by atoms with van der Waals surface area (Å²) in [5.41, 5.74) is -1.80. The van der Waals surface area contributed by atoms with Crippen LogP contribution in [0.2, 0.25) is 0 Å². The Morgan fingerprint density at radius 3 is 2.26 bits per heavy atom. The number of hydrogen-bond donors (Lipinski definition) is 0. The van der Waals surface area contributed by atoms with Crippen molar-refractivity contribution in [3.05, 3.63) is 65.2 Å². The third kappa shape index (κ3) is 2.78. The molecule has 0 aliphatic rings. The van der Waals surface area contributed by atoms with Crippen LogP contribution in [0.3, 0.4) is 0 Å². The summed E-state index contributed by atoms with van der Waals surface area (Å²) >= 11 is 0. The van der Waals surface area contributed by atoms with Crippen molar-refractivity contribution in [3.8, 4) is 0 Å². The average Bonchev–Trinajstić information content (AvgIpc) is 2.38. The maximum atomic E-state index is 12.9. The molecule has 0 aliphatic heterocycles. The van der Waals surface area contributed by atoms with Crippen molar-refractivity contribution in [2.24, 2.45) is 0 Å². The van der Waals surface area contributed by atoms with Gasteiger partial charge in [0, 0.05) is 23.5 Å². The molecule has 1 aromatic heterocycles. The first kappa shape index (κ1) is 13.2. The molecule has 0 spiro atoms. The van der Waals surface area contributed by atoms with Crippen LogP contribution < -0.4 is 0 Å². The Morgan fingerprint density at radius 1 is 1.05 bits per heavy atom. The normalized spacial score (nSPS) is 11.4. The summed E-state index contributed by atoms with van der Waals surface area (Å²) in [6.07, 6.45) is -2.20. The van der Waals surface area contributed by atoms with E-state index in [9.17, 15) is 22.4 Å². The van der Waals surface area contributed by atoms with Crippen molar-refractivity contribution in [2.45, 2.75) is 6.18 Å². The lowest BCUT2D eigenvalue weighted by Gasteiger charge is -2.12. The second-order valence-electron chi connectivity index (χ2n) is 3.75. The molecule has 0 saturated heterocycles. The lowest BCUT2D eigenvalue weighted by Crippen LogP contribution is -2.14. The molecule has 0 atom stereocenters. The summed E-state index contributed by atoms with van der Waals surface area (Å²) in [6, 6.07) is 4.57. The highest BCUT2D eigenvalue weighted by Crippen LogP contribution is 2.33. The van der Waals surface area contributed by atoms with E-state index in [0.29, 0.717) is 6.07 Å². The molecule has 2 aromatic rings. The second kappa shape index (κ2) is 4.79. The van der Waals surface area contributed by atoms with Crippen molar-refractivity contribution >= 4 is 5.78 Å². The van der Waals surface area contributed by atoms with Crippen LogP contribution in [0.5, 0.6) is 0 Å². The van der Waals surface area contributed by atoms with E-state index in [-0.39, 0.29) is 5.56 Å². The summed E-state index contributed by atoms with van der Waals surface area (Å²) in [5.74, 6) is -1.87. The molecule has 0 unspecified atom stereocenters. The Hall–Kier alpha value is -2.24. The minimum absolute atomic E-state index is 0.0621. The van der Waals surface area contributed by atoms with Crippen molar-refractivity contribution < 1.29 is 22.4 Å². The van der Waals surface area contributed by atoms with Crippen molar-refractivity contribution in [1.82, 2.24) is 4.98 Å². The Kier molecular flexibility index (Phi) is 3.33. The summed E-state index contributed by atoms with van der Waals surface area (Å²) < 4.78 is 51.2. The quantitative estimate of drug-likeness (QED) is 0.617. The van der Waals surface area contributed by atoms with Crippen LogP contribution in [0, 0.1) is 5.82 Å². The maximum absolute atomic E-state index is 12.9. The highest BCUT2D eigenvalue weighted by molar-refractivity contribution is 6.09. The van der Waals surface area contributed by atoms with E-state index in [1.807, 2.05) is 0 Å². The average molecular weight is 269 g/mol. The van der Waals surface area contributed by atoms with E-state index in [1.54, 1.807) is 0 Å². The molecular weight excluding hydrogens is 262 g/mol. The van der Waals surface area contributed by atoms with Crippen LogP contribution in [0.25, 0.3) is 0 Å². The van der Waals surface area contributed by atoms with E-state index in [1.165, 1.54) is 24.5 Å². The zero-order chi connectivity index (χ0) is 14.0. The maximum Gasteiger partial charge on any atom is 0.417 e. The lowest BCUT2D eigenvalue weighted by molar-refractivity contribution is -0.138. The van der Waals surface area contributed by atoms with Crippen LogP contribution in [-0.4, -0.2) is 10.8 Å². The van der Waals surface area contributed by atoms with Gasteiger partial charge in [-0.1, -0.05) is 0 Å². The zero-order valence-electron chi connectivity index (χ0n) is 9.41.